The summed E-state index contributed by atoms with van der Waals surface area (Å²) in [7, 11) is 1.65. The van der Waals surface area contributed by atoms with Crippen molar-refractivity contribution in [2.24, 2.45) is 0 Å². The average molecular weight is 400 g/mol. The lowest BCUT2D eigenvalue weighted by atomic mass is 10.1. The van der Waals surface area contributed by atoms with Crippen LogP contribution in [0.1, 0.15) is 10.6 Å². The number of rotatable bonds is 5. The Balaban J connectivity index is 1.44. The Hall–Kier alpha value is -3.78. The van der Waals surface area contributed by atoms with Gasteiger partial charge in [0.25, 0.3) is 0 Å². The van der Waals surface area contributed by atoms with Gasteiger partial charge in [-0.1, -0.05) is 47.7 Å². The van der Waals surface area contributed by atoms with Crippen LogP contribution in [0.4, 0.5) is 0 Å². The van der Waals surface area contributed by atoms with Gasteiger partial charge in [-0.05, 0) is 42.0 Å². The Morgan fingerprint density at radius 3 is 2.62 bits per heavy atom. The third kappa shape index (κ3) is 3.41. The topological polar surface area (TPSA) is 81.0 Å². The number of nitrogens with zero attached hydrogens (tertiary/aromatic N) is 5. The summed E-state index contributed by atoms with van der Waals surface area (Å²) in [5.74, 6) is 1.44. The van der Waals surface area contributed by atoms with Crippen LogP contribution in [0.2, 0.25) is 0 Å². The zero-order valence-electron chi connectivity index (χ0n) is 15.5. The van der Waals surface area contributed by atoms with E-state index in [4.69, 9.17) is 4.74 Å². The van der Waals surface area contributed by atoms with E-state index in [0.717, 1.165) is 38.2 Å². The predicted octanol–water partition coefficient (Wildman–Crippen LogP) is 4.42. The van der Waals surface area contributed by atoms with Crippen molar-refractivity contribution in [2.45, 2.75) is 0 Å². The summed E-state index contributed by atoms with van der Waals surface area (Å²) in [6.45, 7) is 0. The second kappa shape index (κ2) is 7.33. The molecule has 8 heteroatoms. The van der Waals surface area contributed by atoms with Gasteiger partial charge in [0.1, 0.15) is 16.5 Å². The van der Waals surface area contributed by atoms with Crippen molar-refractivity contribution < 1.29 is 4.74 Å². The van der Waals surface area contributed by atoms with Crippen LogP contribution in [-0.4, -0.2) is 37.1 Å². The number of fused-ring (bicyclic) bond motifs is 1. The second-order valence-corrected chi connectivity index (χ2v) is 7.29. The molecule has 0 atom stereocenters. The number of methoxy groups -OCH3 is 1. The van der Waals surface area contributed by atoms with Crippen LogP contribution < -0.4 is 4.74 Å². The van der Waals surface area contributed by atoms with Crippen molar-refractivity contribution in [3.8, 4) is 28.5 Å². The molecule has 0 bridgehead atoms. The Kier molecular flexibility index (Phi) is 4.38. The zero-order valence-corrected chi connectivity index (χ0v) is 16.3. The molecule has 3 heterocycles. The van der Waals surface area contributed by atoms with Crippen molar-refractivity contribution in [2.75, 3.05) is 7.11 Å². The number of hydrogen-bond donors (Lipinski definition) is 1. The molecule has 5 rings (SSSR count). The fraction of sp³-hybridized carbons (Fsp3) is 0.0476. The molecule has 0 radical (unpaired) electrons. The standard InChI is InChI=1S/C21H16N6OS/c1-28-16-10-8-15(9-11-16)17-13-18(23-22-17)20-24-25-21-27(20)26-19(29-21)12-7-14-5-3-2-4-6-14/h2-13H,1H3,(H,22,23)/b12-7+. The van der Waals surface area contributed by atoms with Crippen LogP contribution >= 0.6 is 11.3 Å². The lowest BCUT2D eigenvalue weighted by Crippen LogP contribution is -1.90. The minimum atomic E-state index is 0.628. The molecule has 0 aliphatic carbocycles. The molecule has 0 aliphatic rings. The van der Waals surface area contributed by atoms with Crippen LogP contribution in [-0.2, 0) is 0 Å². The van der Waals surface area contributed by atoms with E-state index in [2.05, 4.69) is 25.5 Å². The first-order valence-corrected chi connectivity index (χ1v) is 9.77. The number of aromatic nitrogens is 6. The molecule has 0 aliphatic heterocycles. The Bertz CT molecular complexity index is 1280. The highest BCUT2D eigenvalue weighted by atomic mass is 32.1. The molecule has 142 valence electrons. The van der Waals surface area contributed by atoms with Crippen LogP contribution in [0.15, 0.2) is 60.7 Å². The van der Waals surface area contributed by atoms with Crippen LogP contribution in [0.5, 0.6) is 5.75 Å². The van der Waals surface area contributed by atoms with Gasteiger partial charge in [0.2, 0.25) is 10.8 Å². The van der Waals surface area contributed by atoms with Crippen molar-refractivity contribution in [1.29, 1.82) is 0 Å². The summed E-state index contributed by atoms with van der Waals surface area (Å²) in [5.41, 5.74) is 3.68. The average Bonchev–Trinajstić information content (AvgIpc) is 3.49. The van der Waals surface area contributed by atoms with Crippen LogP contribution in [0, 0.1) is 0 Å². The van der Waals surface area contributed by atoms with E-state index in [1.807, 2.05) is 72.8 Å². The van der Waals surface area contributed by atoms with Crippen LogP contribution in [0.3, 0.4) is 0 Å². The number of nitrogens with one attached hydrogen (secondary N) is 1. The number of ether oxygens (including phenoxy) is 1. The number of hydrogen-bond acceptors (Lipinski definition) is 6. The van der Waals surface area contributed by atoms with Crippen molar-refractivity contribution in [3.63, 3.8) is 0 Å². The summed E-state index contributed by atoms with van der Waals surface area (Å²) in [6, 6.07) is 19.8. The molecule has 0 saturated carbocycles. The van der Waals surface area contributed by atoms with Crippen molar-refractivity contribution in [1.82, 2.24) is 30.0 Å². The van der Waals surface area contributed by atoms with Crippen molar-refractivity contribution >= 4 is 28.4 Å². The van der Waals surface area contributed by atoms with E-state index < -0.39 is 0 Å². The summed E-state index contributed by atoms with van der Waals surface area (Å²) in [4.78, 5) is 0.730. The van der Waals surface area contributed by atoms with E-state index in [0.29, 0.717) is 5.82 Å². The van der Waals surface area contributed by atoms with E-state index in [9.17, 15) is 0 Å². The van der Waals surface area contributed by atoms with Gasteiger partial charge in [-0.15, -0.1) is 10.2 Å². The van der Waals surface area contributed by atoms with Gasteiger partial charge in [-0.3, -0.25) is 5.10 Å². The Morgan fingerprint density at radius 1 is 1.00 bits per heavy atom. The highest BCUT2D eigenvalue weighted by Crippen LogP contribution is 2.26. The molecule has 0 spiro atoms. The lowest BCUT2D eigenvalue weighted by Gasteiger charge is -1.99. The van der Waals surface area contributed by atoms with E-state index in [1.165, 1.54) is 11.3 Å². The van der Waals surface area contributed by atoms with Gasteiger partial charge < -0.3 is 4.74 Å². The number of aromatic amines is 1. The Morgan fingerprint density at radius 2 is 1.83 bits per heavy atom. The SMILES string of the molecule is COc1ccc(-c2cc(-c3nnc4sc(/C=C/c5ccccc5)nn34)[nH]n2)cc1. The summed E-state index contributed by atoms with van der Waals surface area (Å²) >= 11 is 1.48. The number of benzene rings is 2. The lowest BCUT2D eigenvalue weighted by molar-refractivity contribution is 0.415. The first kappa shape index (κ1) is 17.3. The largest absolute Gasteiger partial charge is 0.497 e. The van der Waals surface area contributed by atoms with Gasteiger partial charge >= 0.3 is 0 Å². The maximum atomic E-state index is 5.21. The highest BCUT2D eigenvalue weighted by Gasteiger charge is 2.15. The quantitative estimate of drug-likeness (QED) is 0.472. The van der Waals surface area contributed by atoms with Gasteiger partial charge in [0, 0.05) is 5.56 Å². The fourth-order valence-electron chi connectivity index (χ4n) is 2.94. The first-order valence-electron chi connectivity index (χ1n) is 8.96. The number of H-pyrrole nitrogens is 1. The third-order valence-corrected chi connectivity index (χ3v) is 5.29. The molecule has 0 fully saturated rings. The Labute approximate surface area is 170 Å². The first-order chi connectivity index (χ1) is 14.3. The minimum absolute atomic E-state index is 0.628. The molecule has 2 aromatic carbocycles. The molecule has 7 nitrogen and oxygen atoms in total. The molecule has 29 heavy (non-hydrogen) atoms. The predicted molar refractivity (Wildman–Crippen MR) is 114 cm³/mol. The van der Waals surface area contributed by atoms with Gasteiger partial charge in [-0.2, -0.15) is 14.7 Å². The summed E-state index contributed by atoms with van der Waals surface area (Å²) in [5, 5.41) is 21.4. The van der Waals surface area contributed by atoms with Gasteiger partial charge in [0.15, 0.2) is 0 Å². The van der Waals surface area contributed by atoms with Gasteiger partial charge in [0.05, 0.1) is 12.8 Å². The molecular formula is C21H16N6OS. The van der Waals surface area contributed by atoms with E-state index in [-0.39, 0.29) is 0 Å². The molecule has 1 N–H and O–H groups in total. The monoisotopic (exact) mass is 400 g/mol. The fourth-order valence-corrected chi connectivity index (χ4v) is 3.69. The molecule has 0 saturated heterocycles. The second-order valence-electron chi connectivity index (χ2n) is 6.30. The van der Waals surface area contributed by atoms with Gasteiger partial charge in [-0.25, -0.2) is 0 Å². The van der Waals surface area contributed by atoms with E-state index in [1.54, 1.807) is 11.6 Å². The van der Waals surface area contributed by atoms with Crippen molar-refractivity contribution in [3.05, 3.63) is 71.2 Å². The van der Waals surface area contributed by atoms with E-state index >= 15 is 0 Å². The minimum Gasteiger partial charge on any atom is -0.497 e. The van der Waals surface area contributed by atoms with Crippen LogP contribution in [0.25, 0.3) is 39.9 Å². The summed E-state index contributed by atoms with van der Waals surface area (Å²) in [6.07, 6.45) is 4.01. The third-order valence-electron chi connectivity index (χ3n) is 4.43. The molecular weight excluding hydrogens is 384 g/mol. The zero-order chi connectivity index (χ0) is 19.6. The molecule has 3 aromatic heterocycles. The summed E-state index contributed by atoms with van der Waals surface area (Å²) < 4.78 is 6.94. The molecule has 0 unspecified atom stereocenters. The maximum absolute atomic E-state index is 5.21. The smallest absolute Gasteiger partial charge is 0.235 e. The maximum Gasteiger partial charge on any atom is 0.235 e. The normalized spacial score (nSPS) is 11.5. The molecule has 0 amide bonds. The molecule has 5 aromatic rings. The highest BCUT2D eigenvalue weighted by molar-refractivity contribution is 7.17.